The summed E-state index contributed by atoms with van der Waals surface area (Å²) in [4.78, 5) is 4.95. The van der Waals surface area contributed by atoms with Crippen LogP contribution < -0.4 is 10.6 Å². The van der Waals surface area contributed by atoms with E-state index in [1.807, 2.05) is 43.4 Å². The molecule has 0 amide bonds. The van der Waals surface area contributed by atoms with Gasteiger partial charge in [0.25, 0.3) is 0 Å². The zero-order valence-electron chi connectivity index (χ0n) is 16.1. The van der Waals surface area contributed by atoms with Gasteiger partial charge >= 0.3 is 0 Å². The number of hydrogen-bond acceptors (Lipinski definition) is 5. The summed E-state index contributed by atoms with van der Waals surface area (Å²) in [5.74, 6) is 6.74. The fourth-order valence-electron chi connectivity index (χ4n) is 3.26. The van der Waals surface area contributed by atoms with Crippen molar-refractivity contribution in [2.75, 3.05) is 7.05 Å². The molecular formula is C23H23N3OS. The van der Waals surface area contributed by atoms with Gasteiger partial charge in [-0.05, 0) is 41.8 Å². The number of nitrogens with zero attached hydrogens (tertiary/aromatic N) is 2. The third kappa shape index (κ3) is 4.07. The largest absolute Gasteiger partial charge is 0.488 e. The lowest BCUT2D eigenvalue weighted by Gasteiger charge is -2.11. The van der Waals surface area contributed by atoms with Gasteiger partial charge in [-0.3, -0.25) is 5.84 Å². The molecule has 4 rings (SSSR count). The molecule has 0 saturated heterocycles. The number of nitrogens with two attached hydrogens (primary N) is 1. The van der Waals surface area contributed by atoms with Crippen molar-refractivity contribution in [3.8, 4) is 16.3 Å². The van der Waals surface area contributed by atoms with Gasteiger partial charge in [0.15, 0.2) is 0 Å². The summed E-state index contributed by atoms with van der Waals surface area (Å²) < 4.78 is 7.30. The predicted octanol–water partition coefficient (Wildman–Crippen LogP) is 5.16. The van der Waals surface area contributed by atoms with Crippen LogP contribution in [0.15, 0.2) is 66.7 Å². The second kappa shape index (κ2) is 8.10. The molecule has 0 aliphatic rings. The number of para-hydroxylation sites is 1. The Bertz CT molecular complexity index is 1090. The number of ether oxygens (including phenoxy) is 1. The van der Waals surface area contributed by atoms with Crippen molar-refractivity contribution < 1.29 is 4.74 Å². The average Bonchev–Trinajstić information content (AvgIpc) is 3.11. The SMILES string of the molecule is Cc1cc(CN(C)N)c2nc(-c3ccccc3OCc3ccccc3)sc2c1. The third-order valence-corrected chi connectivity index (χ3v) is 5.53. The first-order chi connectivity index (χ1) is 13.6. The summed E-state index contributed by atoms with van der Waals surface area (Å²) in [6.45, 7) is 3.30. The van der Waals surface area contributed by atoms with Gasteiger partial charge in [-0.2, -0.15) is 0 Å². The Morgan fingerprint density at radius 3 is 2.57 bits per heavy atom. The summed E-state index contributed by atoms with van der Waals surface area (Å²) >= 11 is 1.69. The lowest BCUT2D eigenvalue weighted by atomic mass is 10.1. The molecule has 0 aliphatic heterocycles. The van der Waals surface area contributed by atoms with Gasteiger partial charge in [-0.1, -0.05) is 48.5 Å². The van der Waals surface area contributed by atoms with Crippen LogP contribution in [-0.2, 0) is 13.2 Å². The Morgan fingerprint density at radius 2 is 1.79 bits per heavy atom. The van der Waals surface area contributed by atoms with Crippen LogP contribution in [0.1, 0.15) is 16.7 Å². The number of benzene rings is 3. The van der Waals surface area contributed by atoms with E-state index in [1.165, 1.54) is 10.3 Å². The van der Waals surface area contributed by atoms with Crippen molar-refractivity contribution in [2.45, 2.75) is 20.1 Å². The Morgan fingerprint density at radius 1 is 1.04 bits per heavy atom. The molecule has 142 valence electrons. The van der Waals surface area contributed by atoms with Gasteiger partial charge in [0, 0.05) is 13.6 Å². The number of aryl methyl sites for hydroxylation is 1. The van der Waals surface area contributed by atoms with Crippen LogP contribution in [0.3, 0.4) is 0 Å². The number of rotatable bonds is 6. The molecular weight excluding hydrogens is 366 g/mol. The summed E-state index contributed by atoms with van der Waals surface area (Å²) in [5.41, 5.74) is 5.54. The predicted molar refractivity (Wildman–Crippen MR) is 116 cm³/mol. The highest BCUT2D eigenvalue weighted by atomic mass is 32.1. The number of fused-ring (bicyclic) bond motifs is 1. The van der Waals surface area contributed by atoms with Crippen LogP contribution in [0, 0.1) is 6.92 Å². The first kappa shape index (κ1) is 18.6. The number of aromatic nitrogens is 1. The number of thiazole rings is 1. The summed E-state index contributed by atoms with van der Waals surface area (Å²) in [7, 11) is 1.87. The summed E-state index contributed by atoms with van der Waals surface area (Å²) in [6, 6.07) is 22.6. The molecule has 0 fully saturated rings. The summed E-state index contributed by atoms with van der Waals surface area (Å²) in [6.07, 6.45) is 0. The van der Waals surface area contributed by atoms with Crippen LogP contribution in [0.25, 0.3) is 20.8 Å². The maximum atomic E-state index is 6.13. The van der Waals surface area contributed by atoms with E-state index in [0.29, 0.717) is 13.2 Å². The number of hydrazine groups is 1. The van der Waals surface area contributed by atoms with E-state index in [4.69, 9.17) is 15.6 Å². The van der Waals surface area contributed by atoms with E-state index in [9.17, 15) is 0 Å². The average molecular weight is 390 g/mol. The Kier molecular flexibility index (Phi) is 5.39. The van der Waals surface area contributed by atoms with Gasteiger partial charge in [-0.15, -0.1) is 11.3 Å². The summed E-state index contributed by atoms with van der Waals surface area (Å²) in [5, 5.41) is 2.65. The molecule has 0 saturated carbocycles. The van der Waals surface area contributed by atoms with E-state index in [2.05, 4.69) is 37.3 Å². The minimum Gasteiger partial charge on any atom is -0.488 e. The lowest BCUT2D eigenvalue weighted by Crippen LogP contribution is -2.25. The minimum absolute atomic E-state index is 0.533. The molecule has 0 bridgehead atoms. The van der Waals surface area contributed by atoms with E-state index < -0.39 is 0 Å². The van der Waals surface area contributed by atoms with Crippen molar-refractivity contribution in [3.05, 3.63) is 83.4 Å². The maximum absolute atomic E-state index is 6.13. The Labute approximate surface area is 169 Å². The molecule has 0 unspecified atom stereocenters. The van der Waals surface area contributed by atoms with Gasteiger partial charge in [0.05, 0.1) is 15.8 Å². The van der Waals surface area contributed by atoms with Crippen molar-refractivity contribution in [2.24, 2.45) is 5.84 Å². The van der Waals surface area contributed by atoms with Crippen LogP contribution >= 0.6 is 11.3 Å². The quantitative estimate of drug-likeness (QED) is 0.366. The molecule has 5 heteroatoms. The van der Waals surface area contributed by atoms with Crippen molar-refractivity contribution in [1.82, 2.24) is 9.99 Å². The Hall–Kier alpha value is -2.73. The first-order valence-corrected chi connectivity index (χ1v) is 10.0. The van der Waals surface area contributed by atoms with Crippen molar-refractivity contribution in [1.29, 1.82) is 0 Å². The van der Waals surface area contributed by atoms with Gasteiger partial charge < -0.3 is 4.74 Å². The van der Waals surface area contributed by atoms with E-state index in [-0.39, 0.29) is 0 Å². The van der Waals surface area contributed by atoms with Crippen LogP contribution in [0.2, 0.25) is 0 Å². The molecule has 4 nitrogen and oxygen atoms in total. The monoisotopic (exact) mass is 389 g/mol. The zero-order valence-corrected chi connectivity index (χ0v) is 16.9. The zero-order chi connectivity index (χ0) is 19.5. The highest BCUT2D eigenvalue weighted by molar-refractivity contribution is 7.21. The molecule has 1 aromatic heterocycles. The third-order valence-electron chi connectivity index (χ3n) is 4.49. The van der Waals surface area contributed by atoms with Gasteiger partial charge in [0.1, 0.15) is 17.4 Å². The van der Waals surface area contributed by atoms with Crippen LogP contribution in [0.4, 0.5) is 0 Å². The fraction of sp³-hybridized carbons (Fsp3) is 0.174. The molecule has 2 N–H and O–H groups in total. The molecule has 0 aliphatic carbocycles. The smallest absolute Gasteiger partial charge is 0.130 e. The standard InChI is InChI=1S/C23H23N3OS/c1-16-12-18(14-26(2)24)22-21(13-16)28-23(25-22)19-10-6-7-11-20(19)27-15-17-8-4-3-5-9-17/h3-13H,14-15,24H2,1-2H3. The highest BCUT2D eigenvalue weighted by Gasteiger charge is 2.14. The number of hydrogen-bond donors (Lipinski definition) is 1. The van der Waals surface area contributed by atoms with Crippen LogP contribution in [0.5, 0.6) is 5.75 Å². The molecule has 1 heterocycles. The molecule has 3 aromatic carbocycles. The molecule has 0 atom stereocenters. The van der Waals surface area contributed by atoms with E-state index >= 15 is 0 Å². The molecule has 0 radical (unpaired) electrons. The van der Waals surface area contributed by atoms with Gasteiger partial charge in [-0.25, -0.2) is 9.99 Å². The van der Waals surface area contributed by atoms with Gasteiger partial charge in [0.2, 0.25) is 0 Å². The first-order valence-electron chi connectivity index (χ1n) is 9.22. The van der Waals surface area contributed by atoms with Crippen LogP contribution in [-0.4, -0.2) is 17.0 Å². The topological polar surface area (TPSA) is 51.4 Å². The minimum atomic E-state index is 0.533. The maximum Gasteiger partial charge on any atom is 0.130 e. The lowest BCUT2D eigenvalue weighted by molar-refractivity contribution is 0.307. The molecule has 28 heavy (non-hydrogen) atoms. The van der Waals surface area contributed by atoms with E-state index in [1.54, 1.807) is 16.3 Å². The second-order valence-corrected chi connectivity index (χ2v) is 8.01. The molecule has 4 aromatic rings. The molecule has 0 spiro atoms. The van der Waals surface area contributed by atoms with Crippen molar-refractivity contribution in [3.63, 3.8) is 0 Å². The van der Waals surface area contributed by atoms with E-state index in [0.717, 1.165) is 33.0 Å². The fourth-order valence-corrected chi connectivity index (χ4v) is 4.40. The highest BCUT2D eigenvalue weighted by Crippen LogP contribution is 2.37. The normalized spacial score (nSPS) is 11.3. The second-order valence-electron chi connectivity index (χ2n) is 6.98. The Balaban J connectivity index is 1.70. The van der Waals surface area contributed by atoms with Crippen molar-refractivity contribution >= 4 is 21.6 Å².